The van der Waals surface area contributed by atoms with Crippen LogP contribution in [0.5, 0.6) is 46.0 Å². The van der Waals surface area contributed by atoms with Gasteiger partial charge in [-0.2, -0.15) is 0 Å². The summed E-state index contributed by atoms with van der Waals surface area (Å²) in [5, 5.41) is 0. The van der Waals surface area contributed by atoms with Crippen LogP contribution in [-0.2, 0) is 0 Å². The van der Waals surface area contributed by atoms with E-state index in [1.807, 2.05) is 48.5 Å². The van der Waals surface area contributed by atoms with Crippen molar-refractivity contribution in [2.75, 3.05) is 79.8 Å². The topological polar surface area (TPSA) is 178 Å². The van der Waals surface area contributed by atoms with Gasteiger partial charge in [-0.3, -0.25) is 0 Å². The summed E-state index contributed by atoms with van der Waals surface area (Å²) < 4.78 is 45.6. The van der Waals surface area contributed by atoms with E-state index in [-0.39, 0.29) is 0 Å². The number of benzene rings is 4. The minimum absolute atomic E-state index is 0.350. The van der Waals surface area contributed by atoms with Crippen molar-refractivity contribution in [1.29, 1.82) is 0 Å². The van der Waals surface area contributed by atoms with Crippen LogP contribution in [0.3, 0.4) is 0 Å². The molecule has 0 radical (unpaired) electrons. The van der Waals surface area contributed by atoms with Crippen molar-refractivity contribution in [3.05, 3.63) is 70.8 Å². The van der Waals surface area contributed by atoms with Crippen molar-refractivity contribution in [3.63, 3.8) is 0 Å². The Morgan fingerprint density at radius 2 is 0.435 bits per heavy atom. The first-order chi connectivity index (χ1) is 22.1. The largest absolute Gasteiger partial charge is 0.494 e. The normalized spacial score (nSPS) is 10.9. The third kappa shape index (κ3) is 6.06. The van der Waals surface area contributed by atoms with Crippen LogP contribution in [0, 0.1) is 0 Å². The molecule has 8 N–H and O–H groups in total. The lowest BCUT2D eigenvalue weighted by atomic mass is 9.73. The molecule has 46 heavy (non-hydrogen) atoms. The van der Waals surface area contributed by atoms with E-state index in [1.165, 1.54) is 0 Å². The quantitative estimate of drug-likeness (QED) is 0.144. The summed E-state index contributed by atoms with van der Waals surface area (Å²) in [6.45, 7) is 0. The Morgan fingerprint density at radius 3 is 0.543 bits per heavy atom. The first kappa shape index (κ1) is 33.4. The first-order valence-electron chi connectivity index (χ1n) is 14.2. The van der Waals surface area contributed by atoms with Crippen molar-refractivity contribution >= 4 is 22.7 Å². The number of methoxy groups -OCH3 is 8. The van der Waals surface area contributed by atoms with Gasteiger partial charge >= 0.3 is 0 Å². The molecule has 0 unspecified atom stereocenters. The number of anilines is 4. The van der Waals surface area contributed by atoms with Gasteiger partial charge in [0.05, 0.1) is 56.9 Å². The number of ether oxygens (including phenoxy) is 8. The molecule has 0 heterocycles. The molecule has 0 aromatic heterocycles. The van der Waals surface area contributed by atoms with E-state index in [0.29, 0.717) is 68.7 Å². The lowest BCUT2D eigenvalue weighted by Gasteiger charge is -2.32. The number of nitrogens with two attached hydrogens (primary N) is 4. The molecule has 0 saturated carbocycles. The second-order valence-corrected chi connectivity index (χ2v) is 10.3. The Balaban J connectivity index is 2.24. The zero-order valence-electron chi connectivity index (χ0n) is 27.3. The van der Waals surface area contributed by atoms with Crippen LogP contribution in [-0.4, -0.2) is 56.9 Å². The molecule has 0 aliphatic rings. The highest BCUT2D eigenvalue weighted by Gasteiger charge is 2.34. The smallest absolute Gasteiger partial charge is 0.145 e. The van der Waals surface area contributed by atoms with Gasteiger partial charge in [0, 0.05) is 11.8 Å². The van der Waals surface area contributed by atoms with Crippen LogP contribution in [0.15, 0.2) is 48.5 Å². The Labute approximate surface area is 269 Å². The molecule has 0 spiro atoms. The molecule has 4 aromatic carbocycles. The summed E-state index contributed by atoms with van der Waals surface area (Å²) in [5.74, 6) is 2.34. The van der Waals surface area contributed by atoms with Crippen molar-refractivity contribution in [1.82, 2.24) is 0 Å². The summed E-state index contributed by atoms with van der Waals surface area (Å²) >= 11 is 0. The van der Waals surface area contributed by atoms with Gasteiger partial charge in [-0.15, -0.1) is 0 Å². The Hall–Kier alpha value is -5.52. The van der Waals surface area contributed by atoms with E-state index >= 15 is 0 Å². The van der Waals surface area contributed by atoms with Crippen molar-refractivity contribution < 1.29 is 37.9 Å². The van der Waals surface area contributed by atoms with Crippen molar-refractivity contribution in [2.24, 2.45) is 0 Å². The second kappa shape index (κ2) is 14.1. The Morgan fingerprint density at radius 1 is 0.304 bits per heavy atom. The summed E-state index contributed by atoms with van der Waals surface area (Å²) in [4.78, 5) is 0. The number of hydrogen-bond donors (Lipinski definition) is 4. The van der Waals surface area contributed by atoms with Crippen LogP contribution in [0.1, 0.15) is 34.1 Å². The maximum atomic E-state index is 6.41. The Bertz CT molecular complexity index is 1360. The lowest BCUT2D eigenvalue weighted by molar-refractivity contribution is 0.392. The monoisotopic (exact) mass is 634 g/mol. The molecule has 0 aliphatic heterocycles. The van der Waals surface area contributed by atoms with Gasteiger partial charge in [-0.25, -0.2) is 0 Å². The molecule has 12 nitrogen and oxygen atoms in total. The molecule has 0 atom stereocenters. The zero-order chi connectivity index (χ0) is 33.7. The van der Waals surface area contributed by atoms with E-state index < -0.39 is 11.8 Å². The molecule has 0 amide bonds. The standard InChI is InChI=1S/C34H42N4O8/c1-39-21-9-17(10-22(40-2)31(21)35)29(18-11-23(41-3)32(36)24(12-18)42-4)30(19-13-25(43-5)33(37)26(14-19)44-6)20-15-27(45-7)34(38)28(16-20)46-8/h9-16,29-30H,35-38H2,1-8H3. The summed E-state index contributed by atoms with van der Waals surface area (Å²) in [7, 11) is 12.3. The van der Waals surface area contributed by atoms with Gasteiger partial charge in [-0.05, 0) is 70.8 Å². The van der Waals surface area contributed by atoms with Gasteiger partial charge in [0.15, 0.2) is 0 Å². The maximum absolute atomic E-state index is 6.41. The van der Waals surface area contributed by atoms with Crippen LogP contribution in [0.2, 0.25) is 0 Å². The highest BCUT2D eigenvalue weighted by Crippen LogP contribution is 2.52. The predicted octanol–water partition coefficient (Wildman–Crippen LogP) is 5.05. The minimum Gasteiger partial charge on any atom is -0.494 e. The van der Waals surface area contributed by atoms with E-state index in [0.717, 1.165) is 22.3 Å². The van der Waals surface area contributed by atoms with E-state index in [1.54, 1.807) is 56.9 Å². The molecule has 12 heteroatoms. The highest BCUT2D eigenvalue weighted by molar-refractivity contribution is 5.71. The Kier molecular flexibility index (Phi) is 10.2. The van der Waals surface area contributed by atoms with Crippen molar-refractivity contribution in [3.8, 4) is 46.0 Å². The fraction of sp³-hybridized carbons (Fsp3) is 0.294. The van der Waals surface area contributed by atoms with E-state index in [4.69, 9.17) is 60.8 Å². The van der Waals surface area contributed by atoms with Crippen LogP contribution in [0.25, 0.3) is 0 Å². The van der Waals surface area contributed by atoms with Crippen LogP contribution in [0.4, 0.5) is 22.7 Å². The summed E-state index contributed by atoms with van der Waals surface area (Å²) in [6, 6.07) is 14.9. The molecule has 0 bridgehead atoms. The summed E-state index contributed by atoms with van der Waals surface area (Å²) in [6.07, 6.45) is 0. The molecular formula is C34H42N4O8. The third-order valence-electron chi connectivity index (χ3n) is 8.03. The van der Waals surface area contributed by atoms with Crippen LogP contribution < -0.4 is 60.8 Å². The lowest BCUT2D eigenvalue weighted by Crippen LogP contribution is -2.17. The first-order valence-corrected chi connectivity index (χ1v) is 14.2. The van der Waals surface area contributed by atoms with Crippen LogP contribution >= 0.6 is 0 Å². The van der Waals surface area contributed by atoms with Gasteiger partial charge in [-0.1, -0.05) is 0 Å². The average Bonchev–Trinajstić information content (AvgIpc) is 3.08. The number of rotatable bonds is 13. The van der Waals surface area contributed by atoms with Crippen molar-refractivity contribution in [2.45, 2.75) is 11.8 Å². The third-order valence-corrected chi connectivity index (χ3v) is 8.03. The van der Waals surface area contributed by atoms with Gasteiger partial charge in [0.1, 0.15) is 68.7 Å². The van der Waals surface area contributed by atoms with Gasteiger partial charge < -0.3 is 60.8 Å². The SMILES string of the molecule is COc1cc(C(c2cc(OC)c(N)c(OC)c2)C(c2cc(OC)c(N)c(OC)c2)c2cc(OC)c(N)c(OC)c2)cc(OC)c1N. The fourth-order valence-electron chi connectivity index (χ4n) is 5.71. The average molecular weight is 635 g/mol. The van der Waals surface area contributed by atoms with Gasteiger partial charge in [0.2, 0.25) is 0 Å². The molecule has 0 saturated heterocycles. The number of hydrogen-bond acceptors (Lipinski definition) is 12. The molecule has 0 aliphatic carbocycles. The fourth-order valence-corrected chi connectivity index (χ4v) is 5.71. The van der Waals surface area contributed by atoms with E-state index in [2.05, 4.69) is 0 Å². The predicted molar refractivity (Wildman–Crippen MR) is 180 cm³/mol. The zero-order valence-corrected chi connectivity index (χ0v) is 27.3. The maximum Gasteiger partial charge on any atom is 0.145 e. The summed E-state index contributed by atoms with van der Waals surface area (Å²) in [5.41, 5.74) is 30.1. The van der Waals surface area contributed by atoms with E-state index in [9.17, 15) is 0 Å². The molecule has 4 rings (SSSR count). The van der Waals surface area contributed by atoms with Gasteiger partial charge in [0.25, 0.3) is 0 Å². The molecule has 246 valence electrons. The molecule has 4 aromatic rings. The molecule has 0 fully saturated rings. The molecular weight excluding hydrogens is 592 g/mol. The minimum atomic E-state index is -0.525. The second-order valence-electron chi connectivity index (χ2n) is 10.3. The highest BCUT2D eigenvalue weighted by atomic mass is 16.5. The number of nitrogen functional groups attached to an aromatic ring is 4.